The molecule has 3 aromatic heterocycles. The zero-order chi connectivity index (χ0) is 13.4. The minimum Gasteiger partial charge on any atom is -0.291 e. The topological polar surface area (TPSA) is 58.9 Å². The van der Waals surface area contributed by atoms with E-state index in [2.05, 4.69) is 30.0 Å². The van der Waals surface area contributed by atoms with Crippen molar-refractivity contribution in [1.29, 1.82) is 5.26 Å². The first kappa shape index (κ1) is 11.5. The number of nitrogens with zero attached hydrogens (tertiary/aromatic N) is 5. The largest absolute Gasteiger partial charge is 0.291 e. The maximum Gasteiger partial charge on any atom is 0.163 e. The molecule has 5 heteroatoms. The smallest absolute Gasteiger partial charge is 0.163 e. The molecule has 0 saturated carbocycles. The Labute approximate surface area is 110 Å². The lowest BCUT2D eigenvalue weighted by Gasteiger charge is -2.04. The van der Waals surface area contributed by atoms with Gasteiger partial charge < -0.3 is 0 Å². The summed E-state index contributed by atoms with van der Waals surface area (Å²) in [7, 11) is 0. The molecule has 19 heavy (non-hydrogen) atoms. The monoisotopic (exact) mass is 251 g/mol. The van der Waals surface area contributed by atoms with Crippen molar-refractivity contribution in [1.82, 2.24) is 19.2 Å². The molecule has 0 saturated heterocycles. The highest BCUT2D eigenvalue weighted by Crippen LogP contribution is 2.20. The first-order valence-electron chi connectivity index (χ1n) is 6.13. The van der Waals surface area contributed by atoms with Crippen molar-refractivity contribution >= 4 is 5.52 Å². The van der Waals surface area contributed by atoms with Gasteiger partial charge in [-0.3, -0.25) is 4.57 Å². The van der Waals surface area contributed by atoms with Gasteiger partial charge in [-0.2, -0.15) is 10.4 Å². The van der Waals surface area contributed by atoms with E-state index in [1.165, 1.54) is 0 Å². The highest BCUT2D eigenvalue weighted by molar-refractivity contribution is 5.62. The molecule has 0 bridgehead atoms. The summed E-state index contributed by atoms with van der Waals surface area (Å²) in [5, 5.41) is 13.6. The van der Waals surface area contributed by atoms with Crippen LogP contribution in [0.5, 0.6) is 0 Å². The molecule has 0 aliphatic carbocycles. The second-order valence-corrected chi connectivity index (χ2v) is 4.68. The van der Waals surface area contributed by atoms with Crippen LogP contribution >= 0.6 is 0 Å². The fourth-order valence-corrected chi connectivity index (χ4v) is 2.05. The lowest BCUT2D eigenvalue weighted by molar-refractivity contribution is 0.785. The van der Waals surface area contributed by atoms with E-state index in [1.807, 2.05) is 24.5 Å². The van der Waals surface area contributed by atoms with Gasteiger partial charge in [0.15, 0.2) is 5.82 Å². The molecular formula is C14H13N5. The maximum absolute atomic E-state index is 9.11. The number of rotatable bonds is 2. The van der Waals surface area contributed by atoms with E-state index in [9.17, 15) is 0 Å². The predicted octanol–water partition coefficient (Wildman–Crippen LogP) is 2.52. The number of hydrogen-bond acceptors (Lipinski definition) is 3. The number of fused-ring (bicyclic) bond motifs is 1. The summed E-state index contributed by atoms with van der Waals surface area (Å²) in [6.07, 6.45) is 5.35. The van der Waals surface area contributed by atoms with Crippen molar-refractivity contribution in [3.05, 3.63) is 48.2 Å². The third-order valence-corrected chi connectivity index (χ3v) is 3.07. The van der Waals surface area contributed by atoms with E-state index in [0.717, 1.165) is 17.0 Å². The van der Waals surface area contributed by atoms with Crippen molar-refractivity contribution in [3.8, 4) is 11.9 Å². The van der Waals surface area contributed by atoms with Gasteiger partial charge in [-0.05, 0) is 24.1 Å². The van der Waals surface area contributed by atoms with Crippen LogP contribution in [0.15, 0.2) is 36.8 Å². The van der Waals surface area contributed by atoms with Gasteiger partial charge in [-0.15, -0.1) is 0 Å². The summed E-state index contributed by atoms with van der Waals surface area (Å²) in [5.41, 5.74) is 2.48. The lowest BCUT2D eigenvalue weighted by Crippen LogP contribution is -2.01. The van der Waals surface area contributed by atoms with Crippen LogP contribution in [-0.2, 0) is 0 Å². The molecule has 94 valence electrons. The number of aromatic nitrogens is 4. The van der Waals surface area contributed by atoms with Crippen LogP contribution in [0.3, 0.4) is 0 Å². The third-order valence-electron chi connectivity index (χ3n) is 3.07. The van der Waals surface area contributed by atoms with Gasteiger partial charge in [-0.1, -0.05) is 13.8 Å². The van der Waals surface area contributed by atoms with Gasteiger partial charge >= 0.3 is 0 Å². The fraction of sp³-hybridized carbons (Fsp3) is 0.214. The Hall–Kier alpha value is -2.61. The molecule has 0 aromatic carbocycles. The van der Waals surface area contributed by atoms with Crippen LogP contribution < -0.4 is 0 Å². The zero-order valence-electron chi connectivity index (χ0n) is 10.8. The molecule has 0 aliphatic heterocycles. The van der Waals surface area contributed by atoms with E-state index < -0.39 is 0 Å². The predicted molar refractivity (Wildman–Crippen MR) is 71.1 cm³/mol. The number of hydrogen-bond donors (Lipinski definition) is 0. The summed E-state index contributed by atoms with van der Waals surface area (Å²) < 4.78 is 3.58. The molecule has 0 amide bonds. The molecule has 0 radical (unpaired) electrons. The average molecular weight is 251 g/mol. The summed E-state index contributed by atoms with van der Waals surface area (Å²) in [6, 6.07) is 7.79. The van der Waals surface area contributed by atoms with Crippen LogP contribution in [0, 0.1) is 11.3 Å². The Balaban J connectivity index is 2.27. The Kier molecular flexibility index (Phi) is 2.57. The van der Waals surface area contributed by atoms with Crippen molar-refractivity contribution in [3.63, 3.8) is 0 Å². The van der Waals surface area contributed by atoms with Gasteiger partial charge in [0.25, 0.3) is 0 Å². The highest BCUT2D eigenvalue weighted by Gasteiger charge is 2.12. The van der Waals surface area contributed by atoms with Gasteiger partial charge in [0.2, 0.25) is 0 Å². The van der Waals surface area contributed by atoms with Crippen molar-refractivity contribution in [2.24, 2.45) is 0 Å². The molecule has 3 rings (SSSR count). The second kappa shape index (κ2) is 4.25. The van der Waals surface area contributed by atoms with Crippen molar-refractivity contribution in [2.45, 2.75) is 19.8 Å². The summed E-state index contributed by atoms with van der Waals surface area (Å²) in [5.74, 6) is 1.08. The quantitative estimate of drug-likeness (QED) is 0.703. The summed E-state index contributed by atoms with van der Waals surface area (Å²) in [4.78, 5) is 4.38. The Morgan fingerprint density at radius 2 is 2.16 bits per heavy atom. The molecule has 0 atom stereocenters. The van der Waals surface area contributed by atoms with Gasteiger partial charge in [0, 0.05) is 18.6 Å². The molecule has 0 unspecified atom stereocenters. The minimum atomic E-state index is 0.354. The fourth-order valence-electron chi connectivity index (χ4n) is 2.05. The van der Waals surface area contributed by atoms with Gasteiger partial charge in [-0.25, -0.2) is 9.50 Å². The minimum absolute atomic E-state index is 0.354. The van der Waals surface area contributed by atoms with E-state index in [0.29, 0.717) is 11.6 Å². The third kappa shape index (κ3) is 1.78. The molecule has 3 aromatic rings. The van der Waals surface area contributed by atoms with Crippen LogP contribution in [0.4, 0.5) is 0 Å². The van der Waals surface area contributed by atoms with E-state index in [4.69, 9.17) is 5.26 Å². The van der Waals surface area contributed by atoms with Crippen LogP contribution in [0.2, 0.25) is 0 Å². The van der Waals surface area contributed by atoms with Gasteiger partial charge in [0.1, 0.15) is 17.3 Å². The van der Waals surface area contributed by atoms with E-state index >= 15 is 0 Å². The Morgan fingerprint density at radius 1 is 1.32 bits per heavy atom. The molecule has 3 heterocycles. The molecular weight excluding hydrogens is 238 g/mol. The highest BCUT2D eigenvalue weighted by atomic mass is 15.2. The molecule has 0 N–H and O–H groups in total. The first-order chi connectivity index (χ1) is 9.20. The summed E-state index contributed by atoms with van der Waals surface area (Å²) in [6.45, 7) is 4.20. The Morgan fingerprint density at radius 3 is 2.89 bits per heavy atom. The maximum atomic E-state index is 9.11. The molecule has 0 fully saturated rings. The zero-order valence-corrected chi connectivity index (χ0v) is 10.8. The average Bonchev–Trinajstić information content (AvgIpc) is 3.04. The molecule has 5 nitrogen and oxygen atoms in total. The number of nitriles is 1. The molecule has 0 spiro atoms. The van der Waals surface area contributed by atoms with Crippen LogP contribution in [0.25, 0.3) is 11.3 Å². The SMILES string of the molecule is CC(C)c1cc2c(-n3cccc3C#N)nccn2n1. The van der Waals surface area contributed by atoms with Crippen molar-refractivity contribution in [2.75, 3.05) is 0 Å². The van der Waals surface area contributed by atoms with E-state index in [1.54, 1.807) is 21.3 Å². The van der Waals surface area contributed by atoms with Gasteiger partial charge in [0.05, 0.1) is 5.69 Å². The van der Waals surface area contributed by atoms with E-state index in [-0.39, 0.29) is 0 Å². The van der Waals surface area contributed by atoms with Crippen LogP contribution in [-0.4, -0.2) is 19.2 Å². The van der Waals surface area contributed by atoms with Crippen LogP contribution in [0.1, 0.15) is 31.2 Å². The normalized spacial score (nSPS) is 11.1. The molecule has 0 aliphatic rings. The Bertz CT molecular complexity index is 773. The summed E-state index contributed by atoms with van der Waals surface area (Å²) >= 11 is 0. The lowest BCUT2D eigenvalue weighted by atomic mass is 10.1. The first-order valence-corrected chi connectivity index (χ1v) is 6.13. The second-order valence-electron chi connectivity index (χ2n) is 4.68. The van der Waals surface area contributed by atoms with Crippen molar-refractivity contribution < 1.29 is 0 Å². The standard InChI is InChI=1S/C14H13N5/c1-10(2)12-8-13-14(16-5-7-19(13)17-12)18-6-3-4-11(18)9-15/h3-8,10H,1-2H3.